The van der Waals surface area contributed by atoms with Crippen LogP contribution in [0.1, 0.15) is 36.1 Å². The lowest BCUT2D eigenvalue weighted by Crippen LogP contribution is -2.48. The van der Waals surface area contributed by atoms with Crippen LogP contribution in [-0.2, 0) is 30.3 Å². The molecule has 1 aromatic carbocycles. The molecule has 3 heterocycles. The Balaban J connectivity index is 1.51. The number of aliphatic hydroxyl groups is 1. The zero-order chi connectivity index (χ0) is 18.6. The number of fused-ring (bicyclic) bond motifs is 2. The number of rotatable bonds is 4. The van der Waals surface area contributed by atoms with E-state index in [0.717, 1.165) is 41.4 Å². The molecule has 27 heavy (non-hydrogen) atoms. The Morgan fingerprint density at radius 3 is 2.81 bits per heavy atom. The Hall–Kier alpha value is -1.70. The molecule has 2 aliphatic heterocycles. The molecule has 2 N–H and O–H groups in total. The summed E-state index contributed by atoms with van der Waals surface area (Å²) in [6, 6.07) is 5.95. The van der Waals surface area contributed by atoms with Gasteiger partial charge in [-0.25, -0.2) is 4.98 Å². The SMILES string of the molecule is O=S1CCc2nc(N3Cc4ccc(Cl)cc4C3)nc(NC3(CO)CCC3)c21. The fraction of sp³-hybridized carbons (Fsp3) is 0.474. The molecule has 0 spiro atoms. The van der Waals surface area contributed by atoms with E-state index in [1.165, 1.54) is 11.1 Å². The minimum absolute atomic E-state index is 0.0569. The van der Waals surface area contributed by atoms with Crippen molar-refractivity contribution in [1.29, 1.82) is 0 Å². The highest BCUT2D eigenvalue weighted by Gasteiger charge is 2.39. The molecule has 0 saturated heterocycles. The summed E-state index contributed by atoms with van der Waals surface area (Å²) < 4.78 is 12.5. The number of hydrogen-bond donors (Lipinski definition) is 2. The lowest BCUT2D eigenvalue weighted by atomic mass is 9.77. The molecule has 8 heteroatoms. The minimum atomic E-state index is -1.08. The first-order valence-electron chi connectivity index (χ1n) is 9.27. The number of anilines is 2. The van der Waals surface area contributed by atoms with Gasteiger partial charge in [0.1, 0.15) is 10.7 Å². The van der Waals surface area contributed by atoms with Crippen molar-refractivity contribution < 1.29 is 9.32 Å². The topological polar surface area (TPSA) is 78.4 Å². The van der Waals surface area contributed by atoms with E-state index in [9.17, 15) is 9.32 Å². The van der Waals surface area contributed by atoms with Crippen LogP contribution >= 0.6 is 11.6 Å². The molecule has 142 valence electrons. The maximum absolute atomic E-state index is 12.5. The maximum Gasteiger partial charge on any atom is 0.228 e. The monoisotopic (exact) mass is 404 g/mol. The molecule has 0 bridgehead atoms. The highest BCUT2D eigenvalue weighted by Crippen LogP contribution is 2.39. The van der Waals surface area contributed by atoms with Gasteiger partial charge >= 0.3 is 0 Å². The van der Waals surface area contributed by atoms with Crippen LogP contribution in [0.4, 0.5) is 11.8 Å². The number of nitrogens with one attached hydrogen (secondary N) is 1. The van der Waals surface area contributed by atoms with Crippen LogP contribution in [0.15, 0.2) is 23.1 Å². The van der Waals surface area contributed by atoms with Crippen molar-refractivity contribution in [2.75, 3.05) is 22.6 Å². The van der Waals surface area contributed by atoms with E-state index in [4.69, 9.17) is 21.6 Å². The Morgan fingerprint density at radius 2 is 2.07 bits per heavy atom. The van der Waals surface area contributed by atoms with Gasteiger partial charge < -0.3 is 15.3 Å². The summed E-state index contributed by atoms with van der Waals surface area (Å²) >= 11 is 6.13. The molecule has 1 aromatic heterocycles. The molecule has 1 fully saturated rings. The number of aromatic nitrogens is 2. The zero-order valence-corrected chi connectivity index (χ0v) is 16.4. The van der Waals surface area contributed by atoms with Crippen molar-refractivity contribution in [3.05, 3.63) is 40.0 Å². The number of nitrogens with zero attached hydrogens (tertiary/aromatic N) is 3. The van der Waals surface area contributed by atoms with Gasteiger partial charge in [0.15, 0.2) is 0 Å². The number of benzene rings is 1. The van der Waals surface area contributed by atoms with E-state index < -0.39 is 10.8 Å². The molecule has 0 amide bonds. The van der Waals surface area contributed by atoms with Crippen LogP contribution in [0.3, 0.4) is 0 Å². The van der Waals surface area contributed by atoms with Gasteiger partial charge in [0.25, 0.3) is 0 Å². The molecule has 3 aliphatic rings. The van der Waals surface area contributed by atoms with Crippen molar-refractivity contribution in [1.82, 2.24) is 9.97 Å². The summed E-state index contributed by atoms with van der Waals surface area (Å²) in [6.45, 7) is 1.50. The lowest BCUT2D eigenvalue weighted by Gasteiger charge is -2.41. The van der Waals surface area contributed by atoms with E-state index in [2.05, 4.69) is 10.2 Å². The average Bonchev–Trinajstić information content (AvgIpc) is 3.21. The number of halogens is 1. The van der Waals surface area contributed by atoms with Crippen LogP contribution in [-0.4, -0.2) is 37.2 Å². The second kappa shape index (κ2) is 6.43. The van der Waals surface area contributed by atoms with Gasteiger partial charge in [-0.15, -0.1) is 0 Å². The van der Waals surface area contributed by atoms with Gasteiger partial charge in [-0.05, 0) is 42.5 Å². The number of aliphatic hydroxyl groups excluding tert-OH is 1. The summed E-state index contributed by atoms with van der Waals surface area (Å²) in [7, 11) is -1.08. The van der Waals surface area contributed by atoms with Gasteiger partial charge in [0.05, 0.1) is 28.6 Å². The second-order valence-corrected chi connectivity index (χ2v) is 9.58. The minimum Gasteiger partial charge on any atom is -0.394 e. The summed E-state index contributed by atoms with van der Waals surface area (Å²) in [4.78, 5) is 12.3. The van der Waals surface area contributed by atoms with Crippen molar-refractivity contribution in [3.8, 4) is 0 Å². The molecule has 1 unspecified atom stereocenters. The molecular formula is C19H21ClN4O2S. The Bertz CT molecular complexity index is 942. The van der Waals surface area contributed by atoms with Gasteiger partial charge in [-0.1, -0.05) is 17.7 Å². The van der Waals surface area contributed by atoms with E-state index >= 15 is 0 Å². The fourth-order valence-electron chi connectivity index (χ4n) is 4.09. The molecule has 6 nitrogen and oxygen atoms in total. The number of hydrogen-bond acceptors (Lipinski definition) is 6. The van der Waals surface area contributed by atoms with Gasteiger partial charge in [-0.3, -0.25) is 4.21 Å². The van der Waals surface area contributed by atoms with Crippen molar-refractivity contribution in [3.63, 3.8) is 0 Å². The fourth-order valence-corrected chi connectivity index (χ4v) is 5.59. The van der Waals surface area contributed by atoms with E-state index in [1.807, 2.05) is 18.2 Å². The van der Waals surface area contributed by atoms with Crippen LogP contribution in [0.25, 0.3) is 0 Å². The largest absolute Gasteiger partial charge is 0.394 e. The maximum atomic E-state index is 12.5. The smallest absolute Gasteiger partial charge is 0.228 e. The standard InChI is InChI=1S/C19H21ClN4O2S/c20-14-3-2-12-9-24(10-13(12)8-14)18-21-15-4-7-27(26)16(15)17(22-18)23-19(11-25)5-1-6-19/h2-3,8,25H,1,4-7,9-11H2,(H,21,22,23). The van der Waals surface area contributed by atoms with Crippen LogP contribution in [0, 0.1) is 0 Å². The van der Waals surface area contributed by atoms with Crippen molar-refractivity contribution >= 4 is 34.2 Å². The van der Waals surface area contributed by atoms with Crippen LogP contribution in [0.5, 0.6) is 0 Å². The van der Waals surface area contributed by atoms with Crippen LogP contribution in [0.2, 0.25) is 5.02 Å². The zero-order valence-electron chi connectivity index (χ0n) is 14.9. The lowest BCUT2D eigenvalue weighted by molar-refractivity contribution is 0.143. The predicted molar refractivity (Wildman–Crippen MR) is 106 cm³/mol. The Labute approximate surface area is 165 Å². The Morgan fingerprint density at radius 1 is 1.26 bits per heavy atom. The molecule has 1 saturated carbocycles. The summed E-state index contributed by atoms with van der Waals surface area (Å²) in [6.07, 6.45) is 3.58. The first-order valence-corrected chi connectivity index (χ1v) is 11.0. The number of aryl methyl sites for hydroxylation is 1. The van der Waals surface area contributed by atoms with Crippen molar-refractivity contribution in [2.24, 2.45) is 0 Å². The van der Waals surface area contributed by atoms with Crippen LogP contribution < -0.4 is 10.2 Å². The third-order valence-electron chi connectivity index (χ3n) is 5.85. The third-order valence-corrected chi connectivity index (χ3v) is 7.54. The van der Waals surface area contributed by atoms with Gasteiger partial charge in [0.2, 0.25) is 5.95 Å². The predicted octanol–water partition coefficient (Wildman–Crippen LogP) is 2.64. The molecule has 1 atom stereocenters. The van der Waals surface area contributed by atoms with Gasteiger partial charge in [0, 0.05) is 30.3 Å². The average molecular weight is 405 g/mol. The molecular weight excluding hydrogens is 384 g/mol. The highest BCUT2D eigenvalue weighted by molar-refractivity contribution is 7.85. The molecule has 2 aromatic rings. The van der Waals surface area contributed by atoms with E-state index in [0.29, 0.717) is 30.5 Å². The Kier molecular flexibility index (Phi) is 4.14. The molecule has 1 aliphatic carbocycles. The summed E-state index contributed by atoms with van der Waals surface area (Å²) in [5.41, 5.74) is 2.94. The summed E-state index contributed by atoms with van der Waals surface area (Å²) in [5.74, 6) is 1.87. The summed E-state index contributed by atoms with van der Waals surface area (Å²) in [5, 5.41) is 14.0. The first-order chi connectivity index (χ1) is 13.1. The van der Waals surface area contributed by atoms with E-state index in [-0.39, 0.29) is 12.1 Å². The first kappa shape index (κ1) is 17.4. The molecule has 5 rings (SSSR count). The highest BCUT2D eigenvalue weighted by atomic mass is 35.5. The van der Waals surface area contributed by atoms with E-state index in [1.54, 1.807) is 0 Å². The van der Waals surface area contributed by atoms with Gasteiger partial charge in [-0.2, -0.15) is 4.98 Å². The quantitative estimate of drug-likeness (QED) is 0.815. The second-order valence-electron chi connectivity index (χ2n) is 7.63. The third kappa shape index (κ3) is 2.92. The van der Waals surface area contributed by atoms with Crippen molar-refractivity contribution in [2.45, 2.75) is 49.2 Å². The normalized spacial score (nSPS) is 22.3. The molecule has 0 radical (unpaired) electrons.